The van der Waals surface area contributed by atoms with Gasteiger partial charge < -0.3 is 4.90 Å². The summed E-state index contributed by atoms with van der Waals surface area (Å²) in [6.07, 6.45) is -5.48. The lowest BCUT2D eigenvalue weighted by Crippen LogP contribution is -2.50. The summed E-state index contributed by atoms with van der Waals surface area (Å²) in [5.41, 5.74) is -0.692. The molecule has 2 atom stereocenters. The zero-order valence-electron chi connectivity index (χ0n) is 12.5. The van der Waals surface area contributed by atoms with Crippen LogP contribution in [-0.4, -0.2) is 29.6 Å². The van der Waals surface area contributed by atoms with Crippen LogP contribution in [0.5, 0.6) is 0 Å². The molecule has 1 saturated heterocycles. The molecule has 122 valence electrons. The summed E-state index contributed by atoms with van der Waals surface area (Å²) < 4.78 is 86.8. The van der Waals surface area contributed by atoms with E-state index >= 15 is 0 Å². The molecule has 1 aliphatic heterocycles. The van der Waals surface area contributed by atoms with Crippen LogP contribution in [0.2, 0.25) is 0 Å². The summed E-state index contributed by atoms with van der Waals surface area (Å²) in [5.74, 6) is -7.08. The largest absolute Gasteiger partial charge is 0.406 e. The summed E-state index contributed by atoms with van der Waals surface area (Å²) in [7, 11) is 0. The average molecular weight is 326 g/mol. The number of halogens is 6. The maximum atomic E-state index is 14.0. The molecule has 1 fully saturated rings. The Balaban J connectivity index is 2.47. The van der Waals surface area contributed by atoms with Gasteiger partial charge in [0, 0.05) is 25.8 Å². The van der Waals surface area contributed by atoms with Gasteiger partial charge in [-0.3, -0.25) is 4.79 Å². The van der Waals surface area contributed by atoms with E-state index in [2.05, 4.69) is 0 Å². The Bertz CT molecular complexity index is 634. The molecule has 1 aromatic carbocycles. The minimum atomic E-state index is -4.70. The fraction of sp³-hybridized carbons (Fsp3) is 0.500. The van der Waals surface area contributed by atoms with Crippen molar-refractivity contribution < 1.29 is 32.5 Å². The number of carbonyl (C=O) groups excluding carboxylic acids is 1. The number of piperidine rings is 1. The molecular weight excluding hydrogens is 312 g/mol. The quantitative estimate of drug-likeness (QED) is 0.599. The number of benzene rings is 1. The molecule has 0 aliphatic carbocycles. The second-order valence-electron chi connectivity index (χ2n) is 5.09. The predicted molar refractivity (Wildman–Crippen MR) is 65.5 cm³/mol. The van der Waals surface area contributed by atoms with Gasteiger partial charge in [0.05, 0.1) is 0 Å². The first-order valence-corrected chi connectivity index (χ1v) is 6.47. The Morgan fingerprint density at radius 1 is 1.32 bits per heavy atom. The van der Waals surface area contributed by atoms with Crippen molar-refractivity contribution in [3.05, 3.63) is 35.1 Å². The van der Waals surface area contributed by atoms with Gasteiger partial charge >= 0.3 is 6.18 Å². The van der Waals surface area contributed by atoms with Gasteiger partial charge in [0.2, 0.25) is 5.91 Å². The summed E-state index contributed by atoms with van der Waals surface area (Å²) in [5, 5.41) is 0. The van der Waals surface area contributed by atoms with Gasteiger partial charge in [-0.05, 0) is 25.0 Å². The highest BCUT2D eigenvalue weighted by Crippen LogP contribution is 2.36. The molecule has 0 bridgehead atoms. The first kappa shape index (κ1) is 15.2. The lowest BCUT2D eigenvalue weighted by atomic mass is 9.83. The molecule has 0 N–H and O–H groups in total. The van der Waals surface area contributed by atoms with E-state index in [1.807, 2.05) is 0 Å². The van der Waals surface area contributed by atoms with E-state index in [9.17, 15) is 31.1 Å². The Kier molecular flexibility index (Phi) is 4.01. The number of likely N-dealkylation sites (tertiary alicyclic amines) is 1. The van der Waals surface area contributed by atoms with Gasteiger partial charge in [-0.1, -0.05) is 0 Å². The molecule has 0 radical (unpaired) electrons. The third kappa shape index (κ3) is 3.36. The van der Waals surface area contributed by atoms with Crippen LogP contribution in [0, 0.1) is 17.5 Å². The third-order valence-electron chi connectivity index (χ3n) is 3.59. The smallest absolute Gasteiger partial charge is 0.330 e. The van der Waals surface area contributed by atoms with Gasteiger partial charge in [0.1, 0.15) is 12.4 Å². The molecule has 1 heterocycles. The van der Waals surface area contributed by atoms with Gasteiger partial charge in [-0.25, -0.2) is 13.2 Å². The monoisotopic (exact) mass is 326 g/mol. The van der Waals surface area contributed by atoms with Crippen molar-refractivity contribution in [2.75, 3.05) is 6.54 Å². The van der Waals surface area contributed by atoms with Crippen molar-refractivity contribution in [3.63, 3.8) is 0 Å². The number of alkyl halides is 3. The number of amides is 1. The molecule has 2 unspecified atom stereocenters. The molecule has 2 rings (SSSR count). The molecule has 1 aromatic rings. The summed E-state index contributed by atoms with van der Waals surface area (Å²) in [4.78, 5) is 12.1. The number of hydrogen-bond acceptors (Lipinski definition) is 1. The topological polar surface area (TPSA) is 20.3 Å². The van der Waals surface area contributed by atoms with Crippen LogP contribution in [0.15, 0.2) is 12.1 Å². The second kappa shape index (κ2) is 5.81. The molecule has 0 saturated carbocycles. The van der Waals surface area contributed by atoms with E-state index in [-0.39, 0.29) is 12.5 Å². The zero-order chi connectivity index (χ0) is 17.6. The van der Waals surface area contributed by atoms with Gasteiger partial charge in [0.25, 0.3) is 0 Å². The van der Waals surface area contributed by atoms with Gasteiger partial charge in [0.15, 0.2) is 11.6 Å². The van der Waals surface area contributed by atoms with E-state index in [1.54, 1.807) is 0 Å². The van der Waals surface area contributed by atoms with Crippen LogP contribution >= 0.6 is 0 Å². The van der Waals surface area contributed by atoms with Crippen LogP contribution < -0.4 is 0 Å². The van der Waals surface area contributed by atoms with Crippen LogP contribution in [0.25, 0.3) is 0 Å². The van der Waals surface area contributed by atoms with E-state index in [0.29, 0.717) is 11.0 Å². The van der Waals surface area contributed by atoms with E-state index in [1.165, 1.54) is 0 Å². The van der Waals surface area contributed by atoms with Crippen LogP contribution in [0.4, 0.5) is 26.3 Å². The Hall–Kier alpha value is -1.73. The van der Waals surface area contributed by atoms with Crippen LogP contribution in [0.3, 0.4) is 0 Å². The number of nitrogens with zero attached hydrogens (tertiary/aromatic N) is 1. The standard InChI is InChI=1S/C14H13F6NO/c1-7-9(10-4-8(15)5-11(16)13(10)17)2-3-12(22)21(7)6-14(18,19)20/h4-5,7,9H,2-3,6H2,1H3/i9D. The molecule has 8 heteroatoms. The van der Waals surface area contributed by atoms with Crippen molar-refractivity contribution >= 4 is 5.91 Å². The molecular formula is C14H13F6NO. The number of hydrogen-bond donors (Lipinski definition) is 0. The summed E-state index contributed by atoms with van der Waals surface area (Å²) in [6, 6.07) is -0.529. The number of rotatable bonds is 2. The van der Waals surface area contributed by atoms with Crippen molar-refractivity contribution in [3.8, 4) is 0 Å². The van der Waals surface area contributed by atoms with Crippen molar-refractivity contribution in [1.82, 2.24) is 4.90 Å². The Labute approximate surface area is 124 Å². The molecule has 0 aromatic heterocycles. The first-order chi connectivity index (χ1) is 10.5. The fourth-order valence-electron chi connectivity index (χ4n) is 2.57. The maximum absolute atomic E-state index is 14.0. The van der Waals surface area contributed by atoms with Crippen LogP contribution in [0.1, 0.15) is 32.6 Å². The predicted octanol–water partition coefficient (Wildman–Crippen LogP) is 3.76. The van der Waals surface area contributed by atoms with Crippen molar-refractivity contribution in [2.45, 2.75) is 37.9 Å². The maximum Gasteiger partial charge on any atom is 0.406 e. The van der Waals surface area contributed by atoms with Gasteiger partial charge in [-0.15, -0.1) is 0 Å². The van der Waals surface area contributed by atoms with E-state index < -0.39 is 60.0 Å². The van der Waals surface area contributed by atoms with Crippen molar-refractivity contribution in [1.29, 1.82) is 0 Å². The van der Waals surface area contributed by atoms with Crippen LogP contribution in [-0.2, 0) is 4.79 Å². The molecule has 1 amide bonds. The SMILES string of the molecule is [2H]C1(c2cc(F)cc(F)c2F)CCC(=O)N(CC(F)(F)F)C1C. The summed E-state index contributed by atoms with van der Waals surface area (Å²) >= 11 is 0. The van der Waals surface area contributed by atoms with Crippen molar-refractivity contribution in [2.24, 2.45) is 0 Å². The fourth-order valence-corrected chi connectivity index (χ4v) is 2.57. The molecule has 0 spiro atoms. The molecule has 1 aliphatic rings. The molecule has 2 nitrogen and oxygen atoms in total. The van der Waals surface area contributed by atoms with E-state index in [4.69, 9.17) is 1.37 Å². The minimum Gasteiger partial charge on any atom is -0.330 e. The average Bonchev–Trinajstić information content (AvgIpc) is 2.42. The number of carbonyl (C=O) groups is 1. The normalized spacial score (nSPS) is 27.0. The second-order valence-corrected chi connectivity index (χ2v) is 5.09. The van der Waals surface area contributed by atoms with Gasteiger partial charge in [-0.2, -0.15) is 13.2 Å². The third-order valence-corrected chi connectivity index (χ3v) is 3.59. The highest BCUT2D eigenvalue weighted by Gasteiger charge is 2.41. The Morgan fingerprint density at radius 3 is 2.55 bits per heavy atom. The highest BCUT2D eigenvalue weighted by atomic mass is 19.4. The summed E-state index contributed by atoms with van der Waals surface area (Å²) in [6.45, 7) is -0.467. The van der Waals surface area contributed by atoms with E-state index in [0.717, 1.165) is 6.92 Å². The first-order valence-electron chi connectivity index (χ1n) is 6.97. The molecule has 22 heavy (non-hydrogen) atoms. The highest BCUT2D eigenvalue weighted by molar-refractivity contribution is 5.77. The Morgan fingerprint density at radius 2 is 1.95 bits per heavy atom. The lowest BCUT2D eigenvalue weighted by Gasteiger charge is -2.39. The zero-order valence-corrected chi connectivity index (χ0v) is 11.5. The minimum absolute atomic E-state index is 0.286. The lowest BCUT2D eigenvalue weighted by molar-refractivity contribution is -0.169.